The third-order valence-electron chi connectivity index (χ3n) is 2.93. The molecular weight excluding hydrogens is 148 g/mol. The van der Waals surface area contributed by atoms with Gasteiger partial charge >= 0.3 is 0 Å². The van der Waals surface area contributed by atoms with Gasteiger partial charge in [-0.25, -0.2) is 0 Å². The molecule has 0 amide bonds. The maximum Gasteiger partial charge on any atom is 0.0939 e. The van der Waals surface area contributed by atoms with Crippen LogP contribution in [0.1, 0.15) is 38.5 Å². The van der Waals surface area contributed by atoms with Crippen molar-refractivity contribution in [1.82, 2.24) is 0 Å². The highest BCUT2D eigenvalue weighted by atomic mass is 15.1. The van der Waals surface area contributed by atoms with Crippen LogP contribution >= 0.6 is 0 Å². The maximum atomic E-state index is 4.21. The highest BCUT2D eigenvalue weighted by molar-refractivity contribution is 4.99. The minimum atomic E-state index is 0.420. The van der Waals surface area contributed by atoms with Crippen LogP contribution < -0.4 is 0 Å². The molecule has 1 heterocycles. The Hall–Kier alpha value is -0.660. The third kappa shape index (κ3) is 1.74. The topological polar surface area (TPSA) is 24.7 Å². The van der Waals surface area contributed by atoms with Gasteiger partial charge in [-0.1, -0.05) is 25.7 Å². The second-order valence-corrected chi connectivity index (χ2v) is 3.81. The van der Waals surface area contributed by atoms with E-state index in [1.807, 2.05) is 6.20 Å². The van der Waals surface area contributed by atoms with Crippen molar-refractivity contribution < 1.29 is 0 Å². The van der Waals surface area contributed by atoms with Gasteiger partial charge in [-0.15, -0.1) is 0 Å². The van der Waals surface area contributed by atoms with Crippen molar-refractivity contribution in [1.29, 1.82) is 0 Å². The van der Waals surface area contributed by atoms with E-state index < -0.39 is 0 Å². The number of hydrogen-bond donors (Lipinski definition) is 0. The Kier molecular flexibility index (Phi) is 2.54. The zero-order chi connectivity index (χ0) is 8.23. The van der Waals surface area contributed by atoms with Gasteiger partial charge in [-0.05, 0) is 24.8 Å². The first-order chi connectivity index (χ1) is 5.97. The van der Waals surface area contributed by atoms with E-state index in [1.165, 1.54) is 38.5 Å². The summed E-state index contributed by atoms with van der Waals surface area (Å²) in [6.07, 6.45) is 12.3. The minimum absolute atomic E-state index is 0.420. The molecule has 0 bridgehead atoms. The Bertz CT molecular complexity index is 176. The predicted octanol–water partition coefficient (Wildman–Crippen LogP) is 3.30. The van der Waals surface area contributed by atoms with E-state index in [-0.39, 0.29) is 0 Å². The number of rotatable bonds is 1. The minimum Gasteiger partial charge on any atom is -0.181 e. The van der Waals surface area contributed by atoms with E-state index in [0.29, 0.717) is 6.04 Å². The predicted molar refractivity (Wildman–Crippen MR) is 49.0 cm³/mol. The van der Waals surface area contributed by atoms with Gasteiger partial charge in [0.15, 0.2) is 0 Å². The summed E-state index contributed by atoms with van der Waals surface area (Å²) in [4.78, 5) is 0. The van der Waals surface area contributed by atoms with Crippen LogP contribution in [0.3, 0.4) is 0 Å². The summed E-state index contributed by atoms with van der Waals surface area (Å²) in [5, 5.41) is 8.13. The van der Waals surface area contributed by atoms with Gasteiger partial charge in [0.05, 0.1) is 6.04 Å². The largest absolute Gasteiger partial charge is 0.181 e. The molecule has 1 aliphatic carbocycles. The molecule has 12 heavy (non-hydrogen) atoms. The van der Waals surface area contributed by atoms with E-state index in [4.69, 9.17) is 0 Å². The van der Waals surface area contributed by atoms with Gasteiger partial charge in [0.25, 0.3) is 0 Å². The second-order valence-electron chi connectivity index (χ2n) is 3.81. The molecule has 0 radical (unpaired) electrons. The van der Waals surface area contributed by atoms with Crippen molar-refractivity contribution in [2.45, 2.75) is 44.6 Å². The van der Waals surface area contributed by atoms with Gasteiger partial charge in [-0.3, -0.25) is 0 Å². The molecule has 2 heteroatoms. The fraction of sp³-hybridized carbons (Fsp3) is 0.800. The lowest BCUT2D eigenvalue weighted by atomic mass is 9.93. The fourth-order valence-electron chi connectivity index (χ4n) is 2.18. The average molecular weight is 164 g/mol. The summed E-state index contributed by atoms with van der Waals surface area (Å²) in [6.45, 7) is 0. The normalized spacial score (nSPS) is 30.8. The summed E-state index contributed by atoms with van der Waals surface area (Å²) in [5.74, 6) is 0.787. The first-order valence-electron chi connectivity index (χ1n) is 5.03. The summed E-state index contributed by atoms with van der Waals surface area (Å²) in [7, 11) is 0. The Morgan fingerprint density at radius 2 is 1.75 bits per heavy atom. The van der Waals surface area contributed by atoms with Crippen LogP contribution in [0.5, 0.6) is 0 Å². The highest BCUT2D eigenvalue weighted by Gasteiger charge is 2.21. The molecule has 2 nitrogen and oxygen atoms in total. The second kappa shape index (κ2) is 3.83. The Morgan fingerprint density at radius 3 is 2.33 bits per heavy atom. The van der Waals surface area contributed by atoms with Gasteiger partial charge in [0, 0.05) is 6.20 Å². The lowest BCUT2D eigenvalue weighted by molar-refractivity contribution is 0.417. The van der Waals surface area contributed by atoms with E-state index in [0.717, 1.165) is 5.92 Å². The molecule has 1 fully saturated rings. The molecule has 1 atom stereocenters. The lowest BCUT2D eigenvalue weighted by Gasteiger charge is -2.15. The van der Waals surface area contributed by atoms with Crippen LogP contribution in [0.4, 0.5) is 0 Å². The van der Waals surface area contributed by atoms with Crippen LogP contribution in [-0.4, -0.2) is 6.04 Å². The maximum absolute atomic E-state index is 4.21. The van der Waals surface area contributed by atoms with Crippen molar-refractivity contribution in [3.05, 3.63) is 12.3 Å². The molecule has 66 valence electrons. The SMILES string of the molecule is C1=CC(C2CCCCCC2)N=N1. The number of hydrogen-bond acceptors (Lipinski definition) is 2. The van der Waals surface area contributed by atoms with Crippen LogP contribution in [-0.2, 0) is 0 Å². The molecule has 0 aromatic carbocycles. The molecule has 1 saturated carbocycles. The van der Waals surface area contributed by atoms with Crippen molar-refractivity contribution in [2.24, 2.45) is 16.1 Å². The zero-order valence-electron chi connectivity index (χ0n) is 7.45. The Labute approximate surface area is 73.8 Å². The van der Waals surface area contributed by atoms with E-state index in [9.17, 15) is 0 Å². The van der Waals surface area contributed by atoms with Gasteiger partial charge in [0.2, 0.25) is 0 Å². The Balaban J connectivity index is 1.92. The van der Waals surface area contributed by atoms with Crippen molar-refractivity contribution in [3.8, 4) is 0 Å². The summed E-state index contributed by atoms with van der Waals surface area (Å²) < 4.78 is 0. The molecule has 2 aliphatic rings. The van der Waals surface area contributed by atoms with Crippen LogP contribution in [0.15, 0.2) is 22.5 Å². The standard InChI is InChI=1S/C10H16N2/c1-2-4-6-9(5-3-1)10-7-8-11-12-10/h7-10H,1-6H2. The van der Waals surface area contributed by atoms with Crippen molar-refractivity contribution >= 4 is 0 Å². The summed E-state index contributed by atoms with van der Waals surface area (Å²) in [6, 6.07) is 0.420. The molecule has 0 spiro atoms. The zero-order valence-corrected chi connectivity index (χ0v) is 7.45. The molecule has 0 saturated heterocycles. The lowest BCUT2D eigenvalue weighted by Crippen LogP contribution is -2.13. The third-order valence-corrected chi connectivity index (χ3v) is 2.93. The molecule has 0 aromatic rings. The van der Waals surface area contributed by atoms with Crippen LogP contribution in [0.25, 0.3) is 0 Å². The molecule has 0 N–H and O–H groups in total. The van der Waals surface area contributed by atoms with Gasteiger partial charge < -0.3 is 0 Å². The summed E-state index contributed by atoms with van der Waals surface area (Å²) in [5.41, 5.74) is 0. The number of nitrogens with zero attached hydrogens (tertiary/aromatic N) is 2. The van der Waals surface area contributed by atoms with Crippen LogP contribution in [0.2, 0.25) is 0 Å². The first kappa shape index (κ1) is 7.96. The first-order valence-corrected chi connectivity index (χ1v) is 5.03. The number of azo groups is 1. The van der Waals surface area contributed by atoms with Crippen molar-refractivity contribution in [3.63, 3.8) is 0 Å². The molecular formula is C10H16N2. The fourth-order valence-corrected chi connectivity index (χ4v) is 2.18. The smallest absolute Gasteiger partial charge is 0.0939 e. The Morgan fingerprint density at radius 1 is 1.00 bits per heavy atom. The van der Waals surface area contributed by atoms with Crippen LogP contribution in [0, 0.1) is 5.92 Å². The average Bonchev–Trinajstić information content (AvgIpc) is 2.48. The molecule has 1 aliphatic heterocycles. The van der Waals surface area contributed by atoms with Crippen molar-refractivity contribution in [2.75, 3.05) is 0 Å². The van der Waals surface area contributed by atoms with E-state index >= 15 is 0 Å². The molecule has 1 unspecified atom stereocenters. The quantitative estimate of drug-likeness (QED) is 0.531. The van der Waals surface area contributed by atoms with Gasteiger partial charge in [0.1, 0.15) is 0 Å². The van der Waals surface area contributed by atoms with Gasteiger partial charge in [-0.2, -0.15) is 10.2 Å². The molecule has 2 rings (SSSR count). The van der Waals surface area contributed by atoms with E-state index in [1.54, 1.807) is 0 Å². The monoisotopic (exact) mass is 164 g/mol. The molecule has 0 aromatic heterocycles. The van der Waals surface area contributed by atoms with E-state index in [2.05, 4.69) is 16.3 Å². The summed E-state index contributed by atoms with van der Waals surface area (Å²) >= 11 is 0. The highest BCUT2D eigenvalue weighted by Crippen LogP contribution is 2.29.